The lowest BCUT2D eigenvalue weighted by molar-refractivity contribution is -0.00187. The van der Waals surface area contributed by atoms with Gasteiger partial charge in [-0.2, -0.15) is 4.98 Å². The van der Waals surface area contributed by atoms with E-state index in [-0.39, 0.29) is 6.09 Å². The highest BCUT2D eigenvalue weighted by Gasteiger charge is 2.34. The fourth-order valence-electron chi connectivity index (χ4n) is 2.78. The summed E-state index contributed by atoms with van der Waals surface area (Å²) in [5.41, 5.74) is 1.39. The quantitative estimate of drug-likeness (QED) is 0.848. The van der Waals surface area contributed by atoms with Crippen molar-refractivity contribution < 1.29 is 14.1 Å². The molecule has 25 heavy (non-hydrogen) atoms. The van der Waals surface area contributed by atoms with Gasteiger partial charge in [-0.25, -0.2) is 4.79 Å². The summed E-state index contributed by atoms with van der Waals surface area (Å²) < 4.78 is 10.7. The van der Waals surface area contributed by atoms with Crippen molar-refractivity contribution in [3.05, 3.63) is 29.8 Å². The van der Waals surface area contributed by atoms with Crippen molar-refractivity contribution in [2.24, 2.45) is 5.92 Å². The van der Waals surface area contributed by atoms with Crippen LogP contribution in [0.3, 0.4) is 0 Å². The molecule has 134 valence electrons. The lowest BCUT2D eigenvalue weighted by atomic mass is 9.97. The molecular weight excluding hydrogens is 320 g/mol. The molecule has 0 aromatic carbocycles. The molecule has 7 heteroatoms. The standard InChI is InChI=1S/C18H24N4O3/c1-5-13-7-6-8-19-15(13)16-20-14(25-21-16)9-12-10-22(11-12)17(23)24-18(2,3)4/h6-8,12H,5,9-11H2,1-4H3. The molecule has 0 spiro atoms. The first-order valence-electron chi connectivity index (χ1n) is 8.60. The van der Waals surface area contributed by atoms with Gasteiger partial charge in [-0.05, 0) is 38.8 Å². The molecule has 0 saturated carbocycles. The third kappa shape index (κ3) is 4.15. The molecule has 1 amide bonds. The Kier molecular flexibility index (Phi) is 4.74. The summed E-state index contributed by atoms with van der Waals surface area (Å²) in [5.74, 6) is 1.42. The van der Waals surface area contributed by atoms with Gasteiger partial charge in [0.2, 0.25) is 11.7 Å². The number of ether oxygens (including phenoxy) is 1. The number of hydrogen-bond acceptors (Lipinski definition) is 6. The van der Waals surface area contributed by atoms with E-state index in [0.29, 0.717) is 37.1 Å². The molecule has 0 bridgehead atoms. The Morgan fingerprint density at radius 3 is 2.84 bits per heavy atom. The van der Waals surface area contributed by atoms with E-state index in [2.05, 4.69) is 22.0 Å². The number of likely N-dealkylation sites (tertiary alicyclic amines) is 1. The monoisotopic (exact) mass is 344 g/mol. The average Bonchev–Trinajstić information content (AvgIpc) is 2.97. The van der Waals surface area contributed by atoms with Crippen molar-refractivity contribution >= 4 is 6.09 Å². The van der Waals surface area contributed by atoms with Gasteiger partial charge in [-0.1, -0.05) is 18.1 Å². The van der Waals surface area contributed by atoms with E-state index in [1.165, 1.54) is 0 Å². The molecule has 0 radical (unpaired) electrons. The SMILES string of the molecule is CCc1cccnc1-c1noc(CC2CN(C(=O)OC(C)(C)C)C2)n1. The second-order valence-electron chi connectivity index (χ2n) is 7.33. The van der Waals surface area contributed by atoms with Gasteiger partial charge in [0.1, 0.15) is 11.3 Å². The zero-order chi connectivity index (χ0) is 18.0. The number of rotatable bonds is 4. The van der Waals surface area contributed by atoms with E-state index in [4.69, 9.17) is 9.26 Å². The Balaban J connectivity index is 1.56. The van der Waals surface area contributed by atoms with Gasteiger partial charge in [0.05, 0.1) is 0 Å². The van der Waals surface area contributed by atoms with Gasteiger partial charge in [-0.3, -0.25) is 4.98 Å². The summed E-state index contributed by atoms with van der Waals surface area (Å²) >= 11 is 0. The zero-order valence-corrected chi connectivity index (χ0v) is 15.2. The fourth-order valence-corrected chi connectivity index (χ4v) is 2.78. The maximum absolute atomic E-state index is 11.9. The van der Waals surface area contributed by atoms with E-state index in [0.717, 1.165) is 17.7 Å². The highest BCUT2D eigenvalue weighted by Crippen LogP contribution is 2.24. The van der Waals surface area contributed by atoms with Gasteiger partial charge >= 0.3 is 6.09 Å². The van der Waals surface area contributed by atoms with Gasteiger partial charge in [0.15, 0.2) is 0 Å². The van der Waals surface area contributed by atoms with Crippen LogP contribution in [0.4, 0.5) is 4.79 Å². The van der Waals surface area contributed by atoms with Gasteiger partial charge in [-0.15, -0.1) is 0 Å². The average molecular weight is 344 g/mol. The second kappa shape index (κ2) is 6.82. The molecule has 1 saturated heterocycles. The Morgan fingerprint density at radius 1 is 1.40 bits per heavy atom. The molecule has 1 aliphatic rings. The van der Waals surface area contributed by atoms with Crippen LogP contribution in [0, 0.1) is 5.92 Å². The maximum Gasteiger partial charge on any atom is 0.410 e. The Labute approximate surface area is 147 Å². The van der Waals surface area contributed by atoms with Crippen LogP contribution in [0.5, 0.6) is 0 Å². The number of pyridine rings is 1. The van der Waals surface area contributed by atoms with Gasteiger partial charge in [0, 0.05) is 31.6 Å². The highest BCUT2D eigenvalue weighted by atomic mass is 16.6. The summed E-state index contributed by atoms with van der Waals surface area (Å²) in [6.07, 6.45) is 2.98. The van der Waals surface area contributed by atoms with Crippen LogP contribution in [0.2, 0.25) is 0 Å². The molecule has 3 rings (SSSR count). The number of carbonyl (C=O) groups excluding carboxylic acids is 1. The van der Waals surface area contributed by atoms with Crippen LogP contribution < -0.4 is 0 Å². The molecule has 0 unspecified atom stereocenters. The number of hydrogen-bond donors (Lipinski definition) is 0. The summed E-state index contributed by atoms with van der Waals surface area (Å²) in [7, 11) is 0. The first-order valence-corrected chi connectivity index (χ1v) is 8.60. The predicted molar refractivity (Wildman–Crippen MR) is 91.9 cm³/mol. The molecule has 0 atom stereocenters. The lowest BCUT2D eigenvalue weighted by Crippen LogP contribution is -2.52. The molecule has 0 N–H and O–H groups in total. The molecular formula is C18H24N4O3. The van der Waals surface area contributed by atoms with Crippen LogP contribution in [0.15, 0.2) is 22.9 Å². The second-order valence-corrected chi connectivity index (χ2v) is 7.33. The number of aryl methyl sites for hydroxylation is 1. The minimum Gasteiger partial charge on any atom is -0.444 e. The van der Waals surface area contributed by atoms with E-state index in [1.807, 2.05) is 32.9 Å². The largest absolute Gasteiger partial charge is 0.444 e. The maximum atomic E-state index is 11.9. The van der Waals surface area contributed by atoms with Gasteiger partial charge < -0.3 is 14.2 Å². The number of aromatic nitrogens is 3. The van der Waals surface area contributed by atoms with Crippen molar-refractivity contribution in [1.29, 1.82) is 0 Å². The zero-order valence-electron chi connectivity index (χ0n) is 15.2. The topological polar surface area (TPSA) is 81.4 Å². The predicted octanol–water partition coefficient (Wildman–Crippen LogP) is 3.10. The van der Waals surface area contributed by atoms with E-state index >= 15 is 0 Å². The summed E-state index contributed by atoms with van der Waals surface area (Å²) in [6.45, 7) is 8.97. The lowest BCUT2D eigenvalue weighted by Gasteiger charge is -2.39. The third-order valence-electron chi connectivity index (χ3n) is 4.02. The molecule has 2 aromatic heterocycles. The Bertz CT molecular complexity index is 745. The Morgan fingerprint density at radius 2 is 2.16 bits per heavy atom. The number of amides is 1. The van der Waals surface area contributed by atoms with Crippen molar-refractivity contribution in [3.63, 3.8) is 0 Å². The van der Waals surface area contributed by atoms with Crippen molar-refractivity contribution in [2.45, 2.75) is 46.1 Å². The number of nitrogens with zero attached hydrogens (tertiary/aromatic N) is 4. The smallest absolute Gasteiger partial charge is 0.410 e. The minimum atomic E-state index is -0.469. The fraction of sp³-hybridized carbons (Fsp3) is 0.556. The van der Waals surface area contributed by atoms with Crippen molar-refractivity contribution in [2.75, 3.05) is 13.1 Å². The minimum absolute atomic E-state index is 0.268. The summed E-state index contributed by atoms with van der Waals surface area (Å²) in [5, 5.41) is 4.06. The molecule has 1 aliphatic heterocycles. The van der Waals surface area contributed by atoms with E-state index in [9.17, 15) is 4.79 Å². The molecule has 1 fully saturated rings. The summed E-state index contributed by atoms with van der Waals surface area (Å²) in [6, 6.07) is 3.92. The first kappa shape index (κ1) is 17.4. The van der Waals surface area contributed by atoms with Crippen LogP contribution in [-0.2, 0) is 17.6 Å². The molecule has 3 heterocycles. The summed E-state index contributed by atoms with van der Waals surface area (Å²) in [4.78, 5) is 22.5. The number of carbonyl (C=O) groups is 1. The van der Waals surface area contributed by atoms with Gasteiger partial charge in [0.25, 0.3) is 0 Å². The van der Waals surface area contributed by atoms with Crippen LogP contribution >= 0.6 is 0 Å². The van der Waals surface area contributed by atoms with Crippen LogP contribution in [0.25, 0.3) is 11.5 Å². The Hall–Kier alpha value is -2.44. The van der Waals surface area contributed by atoms with Crippen molar-refractivity contribution in [1.82, 2.24) is 20.0 Å². The molecule has 7 nitrogen and oxygen atoms in total. The first-order chi connectivity index (χ1) is 11.9. The van der Waals surface area contributed by atoms with E-state index in [1.54, 1.807) is 11.1 Å². The van der Waals surface area contributed by atoms with Crippen LogP contribution in [-0.4, -0.2) is 44.8 Å². The van der Waals surface area contributed by atoms with Crippen LogP contribution in [0.1, 0.15) is 39.1 Å². The normalized spacial score (nSPS) is 15.1. The van der Waals surface area contributed by atoms with Crippen molar-refractivity contribution in [3.8, 4) is 11.5 Å². The highest BCUT2D eigenvalue weighted by molar-refractivity contribution is 5.69. The molecule has 2 aromatic rings. The molecule has 0 aliphatic carbocycles. The van der Waals surface area contributed by atoms with E-state index < -0.39 is 5.60 Å². The third-order valence-corrected chi connectivity index (χ3v) is 4.02.